The first-order valence-corrected chi connectivity index (χ1v) is 5.61. The van der Waals surface area contributed by atoms with Gasteiger partial charge in [-0.2, -0.15) is 5.26 Å². The molecule has 0 bridgehead atoms. The Bertz CT molecular complexity index is 585. The fraction of sp³-hybridized carbons (Fsp3) is 0.0714. The normalized spacial score (nSPS) is 9.71. The van der Waals surface area contributed by atoms with Crippen LogP contribution in [0, 0.1) is 18.3 Å². The second kappa shape index (κ2) is 4.90. The standard InChI is InChI=1S/C14H11ClN2/c1-10-12(15)6-4-8-13(10)17-14-7-3-2-5-11(14)9-16/h2-8,17H,1H3. The van der Waals surface area contributed by atoms with Gasteiger partial charge < -0.3 is 5.32 Å². The SMILES string of the molecule is Cc1c(Cl)cccc1Nc1ccccc1C#N. The summed E-state index contributed by atoms with van der Waals surface area (Å²) in [6.07, 6.45) is 0. The van der Waals surface area contributed by atoms with E-state index in [2.05, 4.69) is 11.4 Å². The van der Waals surface area contributed by atoms with Gasteiger partial charge in [-0.1, -0.05) is 29.8 Å². The number of nitrogens with zero attached hydrogens (tertiary/aromatic N) is 1. The Hall–Kier alpha value is -1.98. The number of benzene rings is 2. The van der Waals surface area contributed by atoms with Crippen LogP contribution in [0.25, 0.3) is 0 Å². The second-order valence-corrected chi connectivity index (χ2v) is 4.10. The molecular weight excluding hydrogens is 232 g/mol. The third-order valence-electron chi connectivity index (χ3n) is 2.58. The molecule has 0 radical (unpaired) electrons. The molecule has 0 aromatic heterocycles. The summed E-state index contributed by atoms with van der Waals surface area (Å²) in [5, 5.41) is 12.9. The predicted molar refractivity (Wildman–Crippen MR) is 70.6 cm³/mol. The summed E-state index contributed by atoms with van der Waals surface area (Å²) in [7, 11) is 0. The molecule has 3 heteroatoms. The van der Waals surface area contributed by atoms with E-state index in [1.54, 1.807) is 6.07 Å². The van der Waals surface area contributed by atoms with Gasteiger partial charge in [-0.3, -0.25) is 0 Å². The number of nitriles is 1. The van der Waals surface area contributed by atoms with Gasteiger partial charge in [0.2, 0.25) is 0 Å². The highest BCUT2D eigenvalue weighted by molar-refractivity contribution is 6.31. The Balaban J connectivity index is 2.39. The van der Waals surface area contributed by atoms with Crippen molar-refractivity contribution in [2.75, 3.05) is 5.32 Å². The smallest absolute Gasteiger partial charge is 0.101 e. The van der Waals surface area contributed by atoms with Gasteiger partial charge in [-0.15, -0.1) is 0 Å². The summed E-state index contributed by atoms with van der Waals surface area (Å²) in [4.78, 5) is 0. The third-order valence-corrected chi connectivity index (χ3v) is 2.99. The van der Waals surface area contributed by atoms with E-state index < -0.39 is 0 Å². The van der Waals surface area contributed by atoms with E-state index in [9.17, 15) is 0 Å². The van der Waals surface area contributed by atoms with E-state index >= 15 is 0 Å². The van der Waals surface area contributed by atoms with Crippen LogP contribution in [0.3, 0.4) is 0 Å². The third kappa shape index (κ3) is 2.41. The minimum absolute atomic E-state index is 0.617. The summed E-state index contributed by atoms with van der Waals surface area (Å²) in [6.45, 7) is 1.94. The molecule has 0 amide bonds. The largest absolute Gasteiger partial charge is 0.354 e. The Kier molecular flexibility index (Phi) is 3.32. The van der Waals surface area contributed by atoms with Crippen molar-refractivity contribution in [3.8, 4) is 6.07 Å². The molecule has 2 rings (SSSR count). The minimum Gasteiger partial charge on any atom is -0.354 e. The van der Waals surface area contributed by atoms with Crippen LogP contribution in [0.5, 0.6) is 0 Å². The van der Waals surface area contributed by atoms with Crippen molar-refractivity contribution in [3.05, 3.63) is 58.6 Å². The first-order chi connectivity index (χ1) is 8.22. The number of rotatable bonds is 2. The molecule has 0 aliphatic carbocycles. The zero-order chi connectivity index (χ0) is 12.3. The highest BCUT2D eigenvalue weighted by atomic mass is 35.5. The van der Waals surface area contributed by atoms with E-state index in [0.29, 0.717) is 10.6 Å². The van der Waals surface area contributed by atoms with Crippen LogP contribution in [0.4, 0.5) is 11.4 Å². The van der Waals surface area contributed by atoms with Crippen molar-refractivity contribution in [1.82, 2.24) is 0 Å². The van der Waals surface area contributed by atoms with Crippen LogP contribution in [-0.2, 0) is 0 Å². The highest BCUT2D eigenvalue weighted by Gasteiger charge is 2.05. The van der Waals surface area contributed by atoms with Crippen LogP contribution in [0.15, 0.2) is 42.5 Å². The topological polar surface area (TPSA) is 35.8 Å². The Morgan fingerprint density at radius 3 is 2.53 bits per heavy atom. The van der Waals surface area contributed by atoms with Crippen molar-refractivity contribution in [2.45, 2.75) is 6.92 Å². The fourth-order valence-corrected chi connectivity index (χ4v) is 1.75. The molecule has 2 nitrogen and oxygen atoms in total. The average molecular weight is 243 g/mol. The molecule has 0 fully saturated rings. The lowest BCUT2D eigenvalue weighted by atomic mass is 10.1. The molecule has 1 N–H and O–H groups in total. The summed E-state index contributed by atoms with van der Waals surface area (Å²) in [5.74, 6) is 0. The number of hydrogen-bond donors (Lipinski definition) is 1. The van der Waals surface area contributed by atoms with Gasteiger partial charge in [0.15, 0.2) is 0 Å². The molecule has 17 heavy (non-hydrogen) atoms. The zero-order valence-corrected chi connectivity index (χ0v) is 10.1. The number of hydrogen-bond acceptors (Lipinski definition) is 2. The lowest BCUT2D eigenvalue weighted by Crippen LogP contribution is -1.95. The second-order valence-electron chi connectivity index (χ2n) is 3.69. The number of nitrogens with one attached hydrogen (secondary N) is 1. The highest BCUT2D eigenvalue weighted by Crippen LogP contribution is 2.27. The van der Waals surface area contributed by atoms with Gasteiger partial charge in [0.05, 0.1) is 11.3 Å². The Morgan fingerprint density at radius 1 is 1.06 bits per heavy atom. The number of anilines is 2. The average Bonchev–Trinajstić information content (AvgIpc) is 2.35. The van der Waals surface area contributed by atoms with Crippen molar-refractivity contribution >= 4 is 23.0 Å². The minimum atomic E-state index is 0.617. The van der Waals surface area contributed by atoms with Gasteiger partial charge in [0.25, 0.3) is 0 Å². The molecule has 2 aromatic rings. The lowest BCUT2D eigenvalue weighted by Gasteiger charge is -2.11. The summed E-state index contributed by atoms with van der Waals surface area (Å²) in [5.41, 5.74) is 3.30. The molecule has 2 aromatic carbocycles. The van der Waals surface area contributed by atoms with E-state index in [0.717, 1.165) is 16.9 Å². The molecule has 0 aliphatic rings. The maximum Gasteiger partial charge on any atom is 0.101 e. The molecule has 0 spiro atoms. The Labute approximate surface area is 105 Å². The molecule has 0 saturated heterocycles. The maximum atomic E-state index is 9.00. The van der Waals surface area contributed by atoms with Crippen molar-refractivity contribution in [1.29, 1.82) is 5.26 Å². The van der Waals surface area contributed by atoms with Crippen molar-refractivity contribution in [2.24, 2.45) is 0 Å². The summed E-state index contributed by atoms with van der Waals surface area (Å²) < 4.78 is 0. The molecular formula is C14H11ClN2. The van der Waals surface area contributed by atoms with E-state index in [-0.39, 0.29) is 0 Å². The van der Waals surface area contributed by atoms with Gasteiger partial charge in [-0.25, -0.2) is 0 Å². The monoisotopic (exact) mass is 242 g/mol. The van der Waals surface area contributed by atoms with E-state index in [4.69, 9.17) is 16.9 Å². The maximum absolute atomic E-state index is 9.00. The van der Waals surface area contributed by atoms with Crippen LogP contribution in [0.2, 0.25) is 5.02 Å². The first kappa shape index (κ1) is 11.5. The number of halogens is 1. The molecule has 0 unspecified atom stereocenters. The molecule has 0 heterocycles. The molecule has 0 saturated carbocycles. The summed E-state index contributed by atoms with van der Waals surface area (Å²) in [6, 6.07) is 15.2. The lowest BCUT2D eigenvalue weighted by molar-refractivity contribution is 1.41. The van der Waals surface area contributed by atoms with Gasteiger partial charge in [0.1, 0.15) is 6.07 Å². The fourth-order valence-electron chi connectivity index (χ4n) is 1.58. The predicted octanol–water partition coefficient (Wildman–Crippen LogP) is 4.26. The van der Waals surface area contributed by atoms with E-state index in [1.807, 2.05) is 43.3 Å². The molecule has 84 valence electrons. The van der Waals surface area contributed by atoms with Crippen LogP contribution >= 0.6 is 11.6 Å². The van der Waals surface area contributed by atoms with Gasteiger partial charge in [0, 0.05) is 10.7 Å². The van der Waals surface area contributed by atoms with Crippen LogP contribution in [0.1, 0.15) is 11.1 Å². The summed E-state index contributed by atoms with van der Waals surface area (Å²) >= 11 is 6.05. The Morgan fingerprint density at radius 2 is 1.76 bits per heavy atom. The van der Waals surface area contributed by atoms with Crippen molar-refractivity contribution < 1.29 is 0 Å². The van der Waals surface area contributed by atoms with Gasteiger partial charge in [-0.05, 0) is 36.8 Å². The van der Waals surface area contributed by atoms with E-state index in [1.165, 1.54) is 0 Å². The number of para-hydroxylation sites is 1. The quantitative estimate of drug-likeness (QED) is 0.854. The first-order valence-electron chi connectivity index (χ1n) is 5.23. The van der Waals surface area contributed by atoms with Crippen LogP contribution < -0.4 is 5.32 Å². The van der Waals surface area contributed by atoms with Crippen molar-refractivity contribution in [3.63, 3.8) is 0 Å². The molecule has 0 aliphatic heterocycles. The van der Waals surface area contributed by atoms with Gasteiger partial charge >= 0.3 is 0 Å². The van der Waals surface area contributed by atoms with Crippen LogP contribution in [-0.4, -0.2) is 0 Å². The zero-order valence-electron chi connectivity index (χ0n) is 9.37. The molecule has 0 atom stereocenters.